The highest BCUT2D eigenvalue weighted by Crippen LogP contribution is 2.45. The number of benzene rings is 7. The van der Waals surface area contributed by atoms with E-state index >= 15 is 0 Å². The van der Waals surface area contributed by atoms with Gasteiger partial charge in [0.1, 0.15) is 40.0 Å². The van der Waals surface area contributed by atoms with Gasteiger partial charge in [0.05, 0.1) is 108 Å². The summed E-state index contributed by atoms with van der Waals surface area (Å²) >= 11 is 23.6. The minimum Gasteiger partial charge on any atom is -0.493 e. The number of hydrogen-bond acceptors (Lipinski definition) is 15. The second-order valence-corrected chi connectivity index (χ2v) is 26.8. The fraction of sp³-hybridized carbons (Fsp3) is 0.115. The lowest BCUT2D eigenvalue weighted by Crippen LogP contribution is -2.40. The van der Waals surface area contributed by atoms with E-state index in [-0.39, 0.29) is 49.5 Å². The monoisotopic (exact) mass is 1570 g/mol. The number of nitro benzene ring substituents is 2. The molecule has 0 saturated carbocycles. The van der Waals surface area contributed by atoms with Crippen LogP contribution in [0.1, 0.15) is 23.5 Å². The molecule has 7 aromatic carbocycles. The smallest absolute Gasteiger partial charge is 0.336 e. The molecular weight excluding hydrogens is 1510 g/mol. The summed E-state index contributed by atoms with van der Waals surface area (Å²) in [5.41, 5.74) is 22.4. The molecule has 0 bridgehead atoms. The van der Waals surface area contributed by atoms with E-state index in [9.17, 15) is 42.2 Å². The molecule has 11 aromatic heterocycles. The number of aromatic nitrogens is 11. The fourth-order valence-electron chi connectivity index (χ4n) is 13.8. The molecule has 0 amide bonds. The van der Waals surface area contributed by atoms with Gasteiger partial charge in [-0.2, -0.15) is 4.39 Å². The van der Waals surface area contributed by atoms with Gasteiger partial charge in [-0.3, -0.25) is 45.1 Å². The van der Waals surface area contributed by atoms with E-state index < -0.39 is 27.2 Å². The molecule has 0 radical (unpaired) electrons. The number of rotatable bonds is 6. The highest BCUT2D eigenvalue weighted by atomic mass is 35.5. The van der Waals surface area contributed by atoms with Crippen LogP contribution >= 0.6 is 46.4 Å². The molecule has 556 valence electrons. The van der Waals surface area contributed by atoms with Crippen molar-refractivity contribution in [1.82, 2.24) is 60.1 Å². The maximum absolute atomic E-state index is 13.7. The summed E-state index contributed by atoms with van der Waals surface area (Å²) in [6, 6.07) is 32.1. The number of nitro groups is 2. The number of methoxy groups -OCH3 is 2. The second-order valence-electron chi connectivity index (χ2n) is 25.2. The third-order valence-corrected chi connectivity index (χ3v) is 19.9. The van der Waals surface area contributed by atoms with Gasteiger partial charge in [-0.1, -0.05) is 52.5 Å². The SMILES string of the molecule is COc1c(Cl)cc2c([nH]c3cnccc32)c1N.COc1c(Cl)cc2c([nH]c3cnccc32)c1[N+](=O)[O-].Fc1cc2[nH]c3cnccc3c2cc1Cl.Fc1ccc2c(c1)NC1CNCCC21.Fc1ccc2c(c1)[nH]c1cnccc12.NCCc1c[nH]c2cc(F)ccc12.O=[N+]([O-])c1c(F)c(Cl)cc2c1[nH]c1cnccc12. The summed E-state index contributed by atoms with van der Waals surface area (Å²) in [7, 11) is 2.90. The lowest BCUT2D eigenvalue weighted by molar-refractivity contribution is -0.385. The minimum atomic E-state index is -1.03. The van der Waals surface area contributed by atoms with E-state index in [1.54, 1.807) is 111 Å². The number of ether oxygens (including phenoxy) is 2. The van der Waals surface area contributed by atoms with E-state index in [1.165, 1.54) is 55.3 Å². The van der Waals surface area contributed by atoms with Crippen LogP contribution in [0.2, 0.25) is 20.1 Å². The topological polar surface area (TPSA) is 340 Å². The Kier molecular flexibility index (Phi) is 21.5. The second kappa shape index (κ2) is 31.8. The third-order valence-electron chi connectivity index (χ3n) is 18.7. The molecule has 110 heavy (non-hydrogen) atoms. The van der Waals surface area contributed by atoms with E-state index in [2.05, 4.69) is 65.5 Å². The average molecular weight is 1570 g/mol. The molecule has 2 atom stereocenters. The Morgan fingerprint density at radius 3 is 1.49 bits per heavy atom. The number of hydrogen-bond donors (Lipinski definition) is 10. The molecule has 1 saturated heterocycles. The lowest BCUT2D eigenvalue weighted by Gasteiger charge is -2.26. The Morgan fingerprint density at radius 2 is 0.936 bits per heavy atom. The van der Waals surface area contributed by atoms with Gasteiger partial charge in [-0.05, 0) is 146 Å². The molecule has 1 fully saturated rings. The standard InChI is InChI=1S/C12H8ClN3O3.C12H10ClN3O.C11H5ClFN3O2.C11H6ClFN2.C11H13FN2.C11H7FN2.C10H11FN2/c1-19-12-8(13)4-7-6-2-3-14-5-9(6)15-10(7)11(12)16(17)18;1-17-12-8(13)4-7-6-2-3-15-5-9(6)16-11(7)10(12)14;12-7-3-6-5-1-2-14-4-8(5)15-10(6)11(9(7)13)16(17)18;12-8-3-7-6-1-2-14-5-11(6)15-10(7)4-9(8)13;2*12-7-1-2-8-9-3-4-13-6-11(9)14-10(8)5-7;11-8-1-2-9-7(3-4-12)6-13-10(9)5-8/h2-5,15H,1H3;2-5,16H,14H2,1H3;1-4,15H;1-5,15H;1-2,5,9,11,13-14H,3-4,6H2;1-6,14H;1-2,5-6,13H,3-4,12H2. The lowest BCUT2D eigenvalue weighted by atomic mass is 9.89. The summed E-state index contributed by atoms with van der Waals surface area (Å²) in [6.07, 6.45) is 20.6. The van der Waals surface area contributed by atoms with E-state index in [0.717, 1.165) is 119 Å². The van der Waals surface area contributed by atoms with Gasteiger partial charge in [-0.25, -0.2) is 17.6 Å². The summed E-state index contributed by atoms with van der Waals surface area (Å²) < 4.78 is 75.8. The molecule has 32 heteroatoms. The molecule has 18 aromatic rings. The number of H-pyrrole nitrogens is 6. The first-order chi connectivity index (χ1) is 53.2. The van der Waals surface area contributed by atoms with Crippen molar-refractivity contribution in [3.8, 4) is 11.5 Å². The number of nitrogens with two attached hydrogens (primary N) is 2. The average Bonchev–Trinajstić information content (AvgIpc) is 1.60. The van der Waals surface area contributed by atoms with Gasteiger partial charge in [-0.15, -0.1) is 0 Å². The number of nitrogens with one attached hydrogen (secondary N) is 8. The van der Waals surface area contributed by atoms with E-state index in [4.69, 9.17) is 67.3 Å². The fourth-order valence-corrected chi connectivity index (χ4v) is 14.7. The Balaban J connectivity index is 0.000000107. The minimum absolute atomic E-state index is 0.0543. The molecule has 13 heterocycles. The zero-order valence-electron chi connectivity index (χ0n) is 57.6. The molecule has 2 aliphatic heterocycles. The summed E-state index contributed by atoms with van der Waals surface area (Å²) in [4.78, 5) is 59.1. The molecule has 2 aliphatic rings. The van der Waals surface area contributed by atoms with Crippen LogP contribution in [0.4, 0.5) is 44.7 Å². The van der Waals surface area contributed by atoms with Crippen LogP contribution in [0.15, 0.2) is 183 Å². The van der Waals surface area contributed by atoms with Crippen LogP contribution in [-0.2, 0) is 6.42 Å². The summed E-state index contributed by atoms with van der Waals surface area (Å²) in [5, 5.41) is 39.3. The van der Waals surface area contributed by atoms with Crippen molar-refractivity contribution >= 4 is 189 Å². The maximum Gasteiger partial charge on any atom is 0.336 e. The van der Waals surface area contributed by atoms with Gasteiger partial charge in [0.15, 0.2) is 5.75 Å². The third kappa shape index (κ3) is 14.8. The molecule has 0 aliphatic carbocycles. The van der Waals surface area contributed by atoms with Crippen molar-refractivity contribution in [3.63, 3.8) is 0 Å². The number of piperidine rings is 1. The van der Waals surface area contributed by atoms with Gasteiger partial charge >= 0.3 is 11.4 Å². The van der Waals surface area contributed by atoms with Crippen molar-refractivity contribution in [2.45, 2.75) is 24.8 Å². The van der Waals surface area contributed by atoms with E-state index in [0.29, 0.717) is 67.7 Å². The zero-order valence-corrected chi connectivity index (χ0v) is 60.7. The maximum atomic E-state index is 13.7. The number of nitrogens with zero attached hydrogens (tertiary/aromatic N) is 7. The number of fused-ring (bicyclic) bond motifs is 19. The Labute approximate surface area is 637 Å². The quantitative estimate of drug-likeness (QED) is 0.0320. The van der Waals surface area contributed by atoms with Crippen LogP contribution in [0.25, 0.3) is 120 Å². The zero-order chi connectivity index (χ0) is 77.2. The predicted octanol–water partition coefficient (Wildman–Crippen LogP) is 19.5. The largest absolute Gasteiger partial charge is 0.493 e. The van der Waals surface area contributed by atoms with E-state index in [1.807, 2.05) is 36.5 Å². The first-order valence-corrected chi connectivity index (χ1v) is 35.2. The summed E-state index contributed by atoms with van der Waals surface area (Å²) in [5.74, 6) is -0.907. The molecule has 2 unspecified atom stereocenters. The van der Waals surface area contributed by atoms with Gasteiger partial charge in [0, 0.05) is 137 Å². The predicted molar refractivity (Wildman–Crippen MR) is 424 cm³/mol. The Bertz CT molecular complexity index is 6570. The number of halogens is 9. The highest BCUT2D eigenvalue weighted by molar-refractivity contribution is 6.35. The number of anilines is 2. The van der Waals surface area contributed by atoms with Crippen LogP contribution in [-0.4, -0.2) is 105 Å². The normalized spacial score (nSPS) is 13.5. The summed E-state index contributed by atoms with van der Waals surface area (Å²) in [6.45, 7) is 2.67. The van der Waals surface area contributed by atoms with Crippen molar-refractivity contribution in [2.24, 2.45) is 5.73 Å². The van der Waals surface area contributed by atoms with Gasteiger partial charge in [0.2, 0.25) is 11.6 Å². The highest BCUT2D eigenvalue weighted by Gasteiger charge is 2.34. The van der Waals surface area contributed by atoms with Gasteiger partial charge in [0.25, 0.3) is 0 Å². The Morgan fingerprint density at radius 1 is 0.491 bits per heavy atom. The van der Waals surface area contributed by atoms with Crippen LogP contribution in [0.3, 0.4) is 0 Å². The van der Waals surface area contributed by atoms with Crippen LogP contribution < -0.4 is 31.6 Å². The van der Waals surface area contributed by atoms with Crippen molar-refractivity contribution in [3.05, 3.63) is 264 Å². The number of aromatic amines is 6. The first-order valence-electron chi connectivity index (χ1n) is 33.7. The van der Waals surface area contributed by atoms with Gasteiger partial charge < -0.3 is 61.5 Å². The van der Waals surface area contributed by atoms with Crippen LogP contribution in [0.5, 0.6) is 11.5 Å². The van der Waals surface area contributed by atoms with Crippen molar-refractivity contribution < 1.29 is 41.3 Å². The Hall–Kier alpha value is -12.4. The molecule has 12 N–H and O–H groups in total. The number of nitrogen functional groups attached to an aromatic ring is 1. The van der Waals surface area contributed by atoms with Crippen molar-refractivity contribution in [1.29, 1.82) is 0 Å². The van der Waals surface area contributed by atoms with Crippen LogP contribution in [0, 0.1) is 49.3 Å². The molecule has 0 spiro atoms. The first kappa shape index (κ1) is 74.4. The molecule has 23 nitrogen and oxygen atoms in total. The number of pyridine rings is 5. The van der Waals surface area contributed by atoms with Crippen molar-refractivity contribution in [2.75, 3.05) is 44.9 Å². The molecular formula is C78H60Cl4F5N17O6. The molecule has 20 rings (SSSR count).